The first-order valence-corrected chi connectivity index (χ1v) is 10.3. The molecule has 33 heavy (non-hydrogen) atoms. The fourth-order valence-corrected chi connectivity index (χ4v) is 3.42. The maximum Gasteiger partial charge on any atom is 0.272 e. The number of aromatic nitrogens is 1. The van der Waals surface area contributed by atoms with Crippen molar-refractivity contribution in [2.45, 2.75) is 0 Å². The third kappa shape index (κ3) is 5.05. The van der Waals surface area contributed by atoms with Gasteiger partial charge in [-0.2, -0.15) is 0 Å². The Balaban J connectivity index is 1.71. The van der Waals surface area contributed by atoms with Crippen molar-refractivity contribution in [3.05, 3.63) is 101 Å². The lowest BCUT2D eigenvalue weighted by Crippen LogP contribution is -2.30. The van der Waals surface area contributed by atoms with Gasteiger partial charge in [0, 0.05) is 33.9 Å². The van der Waals surface area contributed by atoms with E-state index in [0.717, 1.165) is 17.0 Å². The number of fused-ring (bicyclic) bond motifs is 1. The first-order valence-electron chi connectivity index (χ1n) is 9.94. The molecule has 0 fully saturated rings. The molecule has 0 radical (unpaired) electrons. The lowest BCUT2D eigenvalue weighted by atomic mass is 10.1. The number of ether oxygens (including phenoxy) is 1. The summed E-state index contributed by atoms with van der Waals surface area (Å²) in [5, 5.41) is 5.99. The molecule has 0 unspecified atom stereocenters. The third-order valence-electron chi connectivity index (χ3n) is 4.93. The Morgan fingerprint density at radius 3 is 2.58 bits per heavy atom. The molecule has 0 atom stereocenters. The zero-order valence-corrected chi connectivity index (χ0v) is 18.2. The molecule has 0 spiro atoms. The number of methoxy groups -OCH3 is 1. The molecular formula is C25H19ClFN3O3. The molecule has 0 saturated carbocycles. The highest BCUT2D eigenvalue weighted by Gasteiger charge is 2.17. The van der Waals surface area contributed by atoms with E-state index in [4.69, 9.17) is 16.3 Å². The lowest BCUT2D eigenvalue weighted by Gasteiger charge is -2.12. The smallest absolute Gasteiger partial charge is 0.272 e. The van der Waals surface area contributed by atoms with Gasteiger partial charge < -0.3 is 20.4 Å². The zero-order chi connectivity index (χ0) is 23.4. The van der Waals surface area contributed by atoms with Crippen LogP contribution in [0.1, 0.15) is 15.9 Å². The fourth-order valence-electron chi connectivity index (χ4n) is 3.24. The Morgan fingerprint density at radius 2 is 1.85 bits per heavy atom. The van der Waals surface area contributed by atoms with Crippen molar-refractivity contribution in [3.63, 3.8) is 0 Å². The molecule has 4 rings (SSSR count). The van der Waals surface area contributed by atoms with E-state index >= 15 is 0 Å². The van der Waals surface area contributed by atoms with Gasteiger partial charge >= 0.3 is 0 Å². The normalized spacial score (nSPS) is 11.3. The molecule has 8 heteroatoms. The summed E-state index contributed by atoms with van der Waals surface area (Å²) in [5.41, 5.74) is 2.17. The molecule has 6 nitrogen and oxygen atoms in total. The number of carbonyl (C=O) groups excluding carboxylic acids is 2. The molecule has 0 aliphatic carbocycles. The van der Waals surface area contributed by atoms with E-state index in [9.17, 15) is 14.0 Å². The van der Waals surface area contributed by atoms with Gasteiger partial charge in [-0.3, -0.25) is 9.59 Å². The van der Waals surface area contributed by atoms with Crippen LogP contribution in [0.2, 0.25) is 5.02 Å². The molecule has 0 bridgehead atoms. The van der Waals surface area contributed by atoms with E-state index < -0.39 is 17.6 Å². The topological polar surface area (TPSA) is 83.2 Å². The maximum atomic E-state index is 13.5. The summed E-state index contributed by atoms with van der Waals surface area (Å²) in [6.07, 6.45) is 3.28. The number of hydrogen-bond acceptors (Lipinski definition) is 3. The predicted molar refractivity (Wildman–Crippen MR) is 127 cm³/mol. The molecule has 0 aliphatic rings. The Bertz CT molecular complexity index is 1370. The second-order valence-corrected chi connectivity index (χ2v) is 7.52. The number of rotatable bonds is 6. The number of aromatic amines is 1. The fraction of sp³-hybridized carbons (Fsp3) is 0.0400. The van der Waals surface area contributed by atoms with Crippen LogP contribution in [0.5, 0.6) is 5.75 Å². The van der Waals surface area contributed by atoms with Crippen molar-refractivity contribution in [2.75, 3.05) is 12.4 Å². The molecule has 0 saturated heterocycles. The largest absolute Gasteiger partial charge is 0.497 e. The first kappa shape index (κ1) is 22.1. The highest BCUT2D eigenvalue weighted by molar-refractivity contribution is 6.31. The zero-order valence-electron chi connectivity index (χ0n) is 17.5. The van der Waals surface area contributed by atoms with Crippen LogP contribution in [0, 0.1) is 5.82 Å². The number of benzene rings is 3. The predicted octanol–water partition coefficient (Wildman–Crippen LogP) is 5.38. The molecule has 166 valence electrons. The van der Waals surface area contributed by atoms with E-state index in [2.05, 4.69) is 15.6 Å². The Hall–Kier alpha value is -4.10. The van der Waals surface area contributed by atoms with E-state index in [-0.39, 0.29) is 16.4 Å². The van der Waals surface area contributed by atoms with Gasteiger partial charge in [0.1, 0.15) is 17.3 Å². The minimum atomic E-state index is -0.601. The van der Waals surface area contributed by atoms with E-state index in [0.29, 0.717) is 16.9 Å². The maximum absolute atomic E-state index is 13.5. The third-order valence-corrected chi connectivity index (χ3v) is 5.22. The van der Waals surface area contributed by atoms with Gasteiger partial charge in [-0.1, -0.05) is 29.8 Å². The van der Waals surface area contributed by atoms with Gasteiger partial charge in [0.25, 0.3) is 11.8 Å². The second kappa shape index (κ2) is 9.58. The minimum absolute atomic E-state index is 0.00646. The van der Waals surface area contributed by atoms with Crippen molar-refractivity contribution in [1.29, 1.82) is 0 Å². The van der Waals surface area contributed by atoms with Crippen molar-refractivity contribution >= 4 is 46.1 Å². The molecular weight excluding hydrogens is 445 g/mol. The number of amides is 2. The molecule has 3 N–H and O–H groups in total. The standard InChI is InChI=1S/C25H19ClFN3O3/c1-33-18-8-10-22-19(13-18)16(14-28-22)11-23(30-24(31)15-5-3-2-4-6-15)25(32)29-17-7-9-21(27)20(26)12-17/h2-14,28H,1H3,(H,29,32)(H,30,31). The van der Waals surface area contributed by atoms with Gasteiger partial charge in [0.05, 0.1) is 12.1 Å². The molecule has 1 heterocycles. The van der Waals surface area contributed by atoms with Crippen LogP contribution in [-0.4, -0.2) is 23.9 Å². The summed E-state index contributed by atoms with van der Waals surface area (Å²) in [6.45, 7) is 0. The Labute approximate surface area is 194 Å². The number of anilines is 1. The summed E-state index contributed by atoms with van der Waals surface area (Å²) < 4.78 is 18.8. The summed E-state index contributed by atoms with van der Waals surface area (Å²) in [6, 6.07) is 17.8. The number of hydrogen-bond donors (Lipinski definition) is 3. The average molecular weight is 464 g/mol. The average Bonchev–Trinajstić information content (AvgIpc) is 3.23. The van der Waals surface area contributed by atoms with Gasteiger partial charge in [-0.25, -0.2) is 4.39 Å². The monoisotopic (exact) mass is 463 g/mol. The molecule has 1 aromatic heterocycles. The first-order chi connectivity index (χ1) is 15.9. The minimum Gasteiger partial charge on any atom is -0.497 e. The summed E-state index contributed by atoms with van der Waals surface area (Å²) in [7, 11) is 1.57. The van der Waals surface area contributed by atoms with Crippen molar-refractivity contribution in [1.82, 2.24) is 10.3 Å². The van der Waals surface area contributed by atoms with Crippen molar-refractivity contribution in [3.8, 4) is 5.75 Å². The molecule has 4 aromatic rings. The summed E-state index contributed by atoms with van der Waals surface area (Å²) >= 11 is 5.82. The Kier molecular flexibility index (Phi) is 6.42. The number of halogens is 2. The van der Waals surface area contributed by atoms with Crippen LogP contribution in [0.4, 0.5) is 10.1 Å². The molecule has 0 aliphatic heterocycles. The van der Waals surface area contributed by atoms with Crippen LogP contribution >= 0.6 is 11.6 Å². The van der Waals surface area contributed by atoms with E-state index in [1.165, 1.54) is 12.1 Å². The summed E-state index contributed by atoms with van der Waals surface area (Å²) in [5.74, 6) is -1.00. The quantitative estimate of drug-likeness (QED) is 0.336. The SMILES string of the molecule is COc1ccc2[nH]cc(C=C(NC(=O)c3ccccc3)C(=O)Nc3ccc(F)c(Cl)c3)c2c1. The van der Waals surface area contributed by atoms with E-state index in [1.807, 2.05) is 18.2 Å². The highest BCUT2D eigenvalue weighted by Crippen LogP contribution is 2.26. The van der Waals surface area contributed by atoms with Gasteiger partial charge in [-0.05, 0) is 54.6 Å². The van der Waals surface area contributed by atoms with Gasteiger partial charge in [0.2, 0.25) is 0 Å². The van der Waals surface area contributed by atoms with Crippen LogP contribution in [0.15, 0.2) is 78.6 Å². The number of nitrogens with one attached hydrogen (secondary N) is 3. The van der Waals surface area contributed by atoms with Gasteiger partial charge in [0.15, 0.2) is 0 Å². The van der Waals surface area contributed by atoms with Crippen LogP contribution in [0.3, 0.4) is 0 Å². The molecule has 3 aromatic carbocycles. The van der Waals surface area contributed by atoms with Gasteiger partial charge in [-0.15, -0.1) is 0 Å². The summed E-state index contributed by atoms with van der Waals surface area (Å²) in [4.78, 5) is 29.0. The number of H-pyrrole nitrogens is 1. The highest BCUT2D eigenvalue weighted by atomic mass is 35.5. The van der Waals surface area contributed by atoms with Crippen LogP contribution in [0.25, 0.3) is 17.0 Å². The van der Waals surface area contributed by atoms with Crippen molar-refractivity contribution in [2.24, 2.45) is 0 Å². The number of carbonyl (C=O) groups is 2. The Morgan fingerprint density at radius 1 is 1.06 bits per heavy atom. The van der Waals surface area contributed by atoms with Crippen molar-refractivity contribution < 1.29 is 18.7 Å². The van der Waals surface area contributed by atoms with Crippen LogP contribution in [-0.2, 0) is 4.79 Å². The lowest BCUT2D eigenvalue weighted by molar-refractivity contribution is -0.113. The molecule has 2 amide bonds. The second-order valence-electron chi connectivity index (χ2n) is 7.12. The van der Waals surface area contributed by atoms with Crippen LogP contribution < -0.4 is 15.4 Å². The van der Waals surface area contributed by atoms with E-state index in [1.54, 1.807) is 49.7 Å².